The van der Waals surface area contributed by atoms with Crippen LogP contribution in [0.5, 0.6) is 0 Å². The fourth-order valence-corrected chi connectivity index (χ4v) is 3.54. The molecule has 0 aromatic rings. The SMILES string of the molecule is CC(=O)CC(=O)N1CCC(C)C2CCCCC21. The van der Waals surface area contributed by atoms with Crippen LogP contribution in [0.3, 0.4) is 0 Å². The number of amides is 1. The maximum Gasteiger partial charge on any atom is 0.230 e. The molecule has 0 aromatic carbocycles. The van der Waals surface area contributed by atoms with Crippen LogP contribution in [0.1, 0.15) is 52.4 Å². The third-order valence-electron chi connectivity index (χ3n) is 4.46. The fraction of sp³-hybridized carbons (Fsp3) is 0.857. The molecule has 3 atom stereocenters. The van der Waals surface area contributed by atoms with E-state index < -0.39 is 0 Å². The van der Waals surface area contributed by atoms with Crippen LogP contribution in [-0.4, -0.2) is 29.2 Å². The Balaban J connectivity index is 2.06. The lowest BCUT2D eigenvalue weighted by Gasteiger charge is -2.47. The minimum Gasteiger partial charge on any atom is -0.339 e. The van der Waals surface area contributed by atoms with Gasteiger partial charge in [0.2, 0.25) is 5.91 Å². The molecule has 3 heteroatoms. The highest BCUT2D eigenvalue weighted by atomic mass is 16.2. The minimum absolute atomic E-state index is 0.0130. The molecule has 2 aliphatic rings. The van der Waals surface area contributed by atoms with Gasteiger partial charge in [0.1, 0.15) is 5.78 Å². The van der Waals surface area contributed by atoms with Gasteiger partial charge in [-0.2, -0.15) is 0 Å². The maximum absolute atomic E-state index is 12.1. The summed E-state index contributed by atoms with van der Waals surface area (Å²) >= 11 is 0. The molecule has 1 heterocycles. The first-order valence-corrected chi connectivity index (χ1v) is 6.88. The third-order valence-corrected chi connectivity index (χ3v) is 4.46. The summed E-state index contributed by atoms with van der Waals surface area (Å²) in [5.41, 5.74) is 0. The number of hydrogen-bond acceptors (Lipinski definition) is 2. The molecule has 0 bridgehead atoms. The Hall–Kier alpha value is -0.860. The molecule has 3 nitrogen and oxygen atoms in total. The lowest BCUT2D eigenvalue weighted by Crippen LogP contribution is -2.52. The van der Waals surface area contributed by atoms with Gasteiger partial charge in [-0.1, -0.05) is 19.8 Å². The van der Waals surface area contributed by atoms with Crippen molar-refractivity contribution >= 4 is 11.7 Å². The van der Waals surface area contributed by atoms with E-state index in [0.717, 1.165) is 25.3 Å². The van der Waals surface area contributed by atoms with Gasteiger partial charge < -0.3 is 4.90 Å². The fourth-order valence-electron chi connectivity index (χ4n) is 3.54. The molecule has 1 aliphatic heterocycles. The van der Waals surface area contributed by atoms with Crippen molar-refractivity contribution in [3.8, 4) is 0 Å². The van der Waals surface area contributed by atoms with E-state index in [1.54, 1.807) is 0 Å². The zero-order chi connectivity index (χ0) is 12.4. The zero-order valence-electron chi connectivity index (χ0n) is 10.9. The Morgan fingerprint density at radius 3 is 2.59 bits per heavy atom. The lowest BCUT2D eigenvalue weighted by atomic mass is 9.72. The number of carbonyl (C=O) groups is 2. The Bertz CT molecular complexity index is 313. The zero-order valence-corrected chi connectivity index (χ0v) is 10.9. The van der Waals surface area contributed by atoms with Crippen molar-refractivity contribution in [2.24, 2.45) is 11.8 Å². The van der Waals surface area contributed by atoms with Crippen LogP contribution in [0.4, 0.5) is 0 Å². The summed E-state index contributed by atoms with van der Waals surface area (Å²) in [6.07, 6.45) is 6.13. The highest BCUT2D eigenvalue weighted by Gasteiger charge is 2.39. The molecule has 96 valence electrons. The summed E-state index contributed by atoms with van der Waals surface area (Å²) in [5.74, 6) is 1.46. The van der Waals surface area contributed by atoms with Crippen molar-refractivity contribution in [2.75, 3.05) is 6.54 Å². The van der Waals surface area contributed by atoms with Crippen LogP contribution in [0, 0.1) is 11.8 Å². The number of hydrogen-bond donors (Lipinski definition) is 0. The molecular weight excluding hydrogens is 214 g/mol. The van der Waals surface area contributed by atoms with Gasteiger partial charge in [0.05, 0.1) is 6.42 Å². The van der Waals surface area contributed by atoms with Crippen molar-refractivity contribution in [1.29, 1.82) is 0 Å². The molecule has 3 unspecified atom stereocenters. The lowest BCUT2D eigenvalue weighted by molar-refractivity contribution is -0.141. The molecular formula is C14H23NO2. The second-order valence-electron chi connectivity index (χ2n) is 5.75. The molecule has 2 fully saturated rings. The quantitative estimate of drug-likeness (QED) is 0.692. The van der Waals surface area contributed by atoms with E-state index in [1.807, 2.05) is 4.90 Å². The molecule has 0 radical (unpaired) electrons. The number of likely N-dealkylation sites (tertiary alicyclic amines) is 1. The Morgan fingerprint density at radius 1 is 1.18 bits per heavy atom. The molecule has 17 heavy (non-hydrogen) atoms. The van der Waals surface area contributed by atoms with Gasteiger partial charge in [0.25, 0.3) is 0 Å². The summed E-state index contributed by atoms with van der Waals surface area (Å²) in [4.78, 5) is 25.2. The van der Waals surface area contributed by atoms with E-state index >= 15 is 0 Å². The maximum atomic E-state index is 12.1. The number of nitrogens with zero attached hydrogens (tertiary/aromatic N) is 1. The topological polar surface area (TPSA) is 37.4 Å². The molecule has 0 aromatic heterocycles. The molecule has 1 amide bonds. The van der Waals surface area contributed by atoms with Crippen molar-refractivity contribution in [1.82, 2.24) is 4.90 Å². The largest absolute Gasteiger partial charge is 0.339 e. The van der Waals surface area contributed by atoms with E-state index in [-0.39, 0.29) is 18.1 Å². The molecule has 2 rings (SSSR count). The summed E-state index contributed by atoms with van der Waals surface area (Å²) in [6, 6.07) is 0.416. The number of fused-ring (bicyclic) bond motifs is 1. The predicted molar refractivity (Wildman–Crippen MR) is 66.5 cm³/mol. The van der Waals surface area contributed by atoms with Gasteiger partial charge in [-0.05, 0) is 38.0 Å². The van der Waals surface area contributed by atoms with E-state index in [0.29, 0.717) is 12.0 Å². The Labute approximate surface area is 104 Å². The summed E-state index contributed by atoms with van der Waals surface area (Å²) in [5, 5.41) is 0. The highest BCUT2D eigenvalue weighted by Crippen LogP contribution is 2.38. The number of ketones is 1. The first kappa shape index (κ1) is 12.6. The van der Waals surface area contributed by atoms with Crippen LogP contribution >= 0.6 is 0 Å². The first-order valence-electron chi connectivity index (χ1n) is 6.88. The number of rotatable bonds is 2. The molecule has 1 saturated carbocycles. The molecule has 1 saturated heterocycles. The summed E-state index contributed by atoms with van der Waals surface area (Å²) in [7, 11) is 0. The predicted octanol–water partition coefficient (Wildman–Crippen LogP) is 2.39. The Kier molecular flexibility index (Phi) is 3.85. The van der Waals surface area contributed by atoms with Gasteiger partial charge in [0, 0.05) is 12.6 Å². The second kappa shape index (κ2) is 5.19. The van der Waals surface area contributed by atoms with E-state index in [4.69, 9.17) is 0 Å². The average molecular weight is 237 g/mol. The van der Waals surface area contributed by atoms with Crippen LogP contribution in [0.25, 0.3) is 0 Å². The normalized spacial score (nSPS) is 33.1. The average Bonchev–Trinajstić information content (AvgIpc) is 2.29. The van der Waals surface area contributed by atoms with Gasteiger partial charge in [0.15, 0.2) is 0 Å². The minimum atomic E-state index is -0.0130. The number of carbonyl (C=O) groups excluding carboxylic acids is 2. The van der Waals surface area contributed by atoms with Crippen LogP contribution < -0.4 is 0 Å². The third kappa shape index (κ3) is 2.70. The first-order chi connectivity index (χ1) is 8.09. The van der Waals surface area contributed by atoms with E-state index in [2.05, 4.69) is 6.92 Å². The molecule has 1 aliphatic carbocycles. The van der Waals surface area contributed by atoms with E-state index in [9.17, 15) is 9.59 Å². The van der Waals surface area contributed by atoms with Crippen molar-refractivity contribution in [2.45, 2.75) is 58.4 Å². The van der Waals surface area contributed by atoms with Gasteiger partial charge in [-0.15, -0.1) is 0 Å². The van der Waals surface area contributed by atoms with E-state index in [1.165, 1.54) is 26.2 Å². The van der Waals surface area contributed by atoms with Gasteiger partial charge >= 0.3 is 0 Å². The van der Waals surface area contributed by atoms with Crippen LogP contribution in [-0.2, 0) is 9.59 Å². The van der Waals surface area contributed by atoms with Crippen molar-refractivity contribution < 1.29 is 9.59 Å². The summed E-state index contributed by atoms with van der Waals surface area (Å²) in [6.45, 7) is 4.67. The van der Waals surface area contributed by atoms with Crippen molar-refractivity contribution in [3.05, 3.63) is 0 Å². The highest BCUT2D eigenvalue weighted by molar-refractivity contribution is 5.96. The molecule has 0 spiro atoms. The summed E-state index contributed by atoms with van der Waals surface area (Å²) < 4.78 is 0. The van der Waals surface area contributed by atoms with Gasteiger partial charge in [-0.3, -0.25) is 9.59 Å². The second-order valence-corrected chi connectivity index (χ2v) is 5.75. The Morgan fingerprint density at radius 2 is 1.88 bits per heavy atom. The van der Waals surface area contributed by atoms with Crippen LogP contribution in [0.2, 0.25) is 0 Å². The molecule has 0 N–H and O–H groups in total. The van der Waals surface area contributed by atoms with Crippen molar-refractivity contribution in [3.63, 3.8) is 0 Å². The standard InChI is InChI=1S/C14H23NO2/c1-10-7-8-15(14(17)9-11(2)16)13-6-4-3-5-12(10)13/h10,12-13H,3-9H2,1-2H3. The number of Topliss-reactive ketones (excluding diaryl/α,β-unsaturated/α-hetero) is 1. The van der Waals surface area contributed by atoms with Gasteiger partial charge in [-0.25, -0.2) is 0 Å². The number of piperidine rings is 1. The van der Waals surface area contributed by atoms with Crippen LogP contribution in [0.15, 0.2) is 0 Å². The smallest absolute Gasteiger partial charge is 0.230 e. The monoisotopic (exact) mass is 237 g/mol.